The van der Waals surface area contributed by atoms with Crippen molar-refractivity contribution in [3.8, 4) is 0 Å². The zero-order valence-electron chi connectivity index (χ0n) is 10.3. The number of carbonyl (C=O) groups excluding carboxylic acids is 1. The molecule has 0 unspecified atom stereocenters. The van der Waals surface area contributed by atoms with Crippen molar-refractivity contribution in [1.29, 1.82) is 0 Å². The van der Waals surface area contributed by atoms with E-state index >= 15 is 0 Å². The number of carbonyl (C=O) groups is 1. The number of morpholine rings is 1. The summed E-state index contributed by atoms with van der Waals surface area (Å²) in [6, 6.07) is 0.284. The Morgan fingerprint density at radius 2 is 1.73 bits per heavy atom. The molecule has 1 aliphatic heterocycles. The van der Waals surface area contributed by atoms with Crippen molar-refractivity contribution >= 4 is 6.09 Å². The fraction of sp³-hybridized carbons (Fsp3) is 0.909. The van der Waals surface area contributed by atoms with Gasteiger partial charge in [-0.3, -0.25) is 4.90 Å². The third-order valence-electron chi connectivity index (χ3n) is 2.34. The minimum atomic E-state index is -0.425. The Labute approximate surface area is 91.5 Å². The molecule has 88 valence electrons. The quantitative estimate of drug-likeness (QED) is 0.576. The molecule has 1 N–H and O–H groups in total. The van der Waals surface area contributed by atoms with Gasteiger partial charge in [0.05, 0.1) is 0 Å². The standard InChI is InChI=1S/C11H21NO3/c1-8-6-14-7-9(2)12(8)10(13)15-11(3,4)5/h8-9H,6-7H2,1-5H3/p+1/t8-,9+. The van der Waals surface area contributed by atoms with Gasteiger partial charge in [-0.15, -0.1) is 0 Å². The van der Waals surface area contributed by atoms with Gasteiger partial charge in [-0.05, 0) is 34.6 Å². The number of rotatable bonds is 0. The Bertz CT molecular complexity index is 224. The van der Waals surface area contributed by atoms with Gasteiger partial charge in [-0.1, -0.05) is 0 Å². The molecule has 0 aromatic heterocycles. The summed E-state index contributed by atoms with van der Waals surface area (Å²) >= 11 is 0. The molecule has 2 atom stereocenters. The van der Waals surface area contributed by atoms with E-state index in [2.05, 4.69) is 4.74 Å². The van der Waals surface area contributed by atoms with E-state index in [0.29, 0.717) is 13.2 Å². The lowest BCUT2D eigenvalue weighted by molar-refractivity contribution is -0.136. The van der Waals surface area contributed by atoms with Crippen molar-refractivity contribution in [1.82, 2.24) is 4.90 Å². The molecule has 0 aromatic rings. The van der Waals surface area contributed by atoms with Crippen LogP contribution in [0.2, 0.25) is 0 Å². The molecule has 1 saturated heterocycles. The maximum atomic E-state index is 11.9. The topological polar surface area (TPSA) is 42.3 Å². The summed E-state index contributed by atoms with van der Waals surface area (Å²) in [4.78, 5) is 13.7. The molecule has 0 saturated carbocycles. The van der Waals surface area contributed by atoms with E-state index < -0.39 is 5.60 Å². The number of hydrogen-bond donors (Lipinski definition) is 0. The molecule has 0 aliphatic carbocycles. The predicted octanol–water partition coefficient (Wildman–Crippen LogP) is 1.54. The summed E-state index contributed by atoms with van der Waals surface area (Å²) in [5.74, 6) is 0. The molecule has 0 spiro atoms. The van der Waals surface area contributed by atoms with Crippen molar-refractivity contribution in [3.05, 3.63) is 0 Å². The van der Waals surface area contributed by atoms with E-state index in [4.69, 9.17) is 4.74 Å². The average Bonchev–Trinajstić information content (AvgIpc) is 1.99. The summed E-state index contributed by atoms with van der Waals surface area (Å²) in [6.07, 6.45) is -0.225. The van der Waals surface area contributed by atoms with Crippen LogP contribution >= 0.6 is 0 Å². The highest BCUT2D eigenvalue weighted by Gasteiger charge is 2.35. The van der Waals surface area contributed by atoms with Crippen LogP contribution in [0.3, 0.4) is 0 Å². The Hall–Kier alpha value is -0.770. The largest absolute Gasteiger partial charge is 0.444 e. The first-order chi connectivity index (χ1) is 6.81. The molecule has 1 heterocycles. The monoisotopic (exact) mass is 216 g/mol. The van der Waals surface area contributed by atoms with Crippen LogP contribution in [0.4, 0.5) is 4.79 Å². The zero-order chi connectivity index (χ0) is 11.6. The van der Waals surface area contributed by atoms with Crippen molar-refractivity contribution in [2.45, 2.75) is 52.3 Å². The number of aliphatic hydroxyl groups is 2. The Kier molecular flexibility index (Phi) is 3.60. The lowest BCUT2D eigenvalue weighted by Crippen LogP contribution is -2.54. The number of nitrogens with zero attached hydrogens (tertiary/aromatic N) is 1. The van der Waals surface area contributed by atoms with Crippen LogP contribution in [0.15, 0.2) is 0 Å². The molecular formula is C11H22NO3+. The second kappa shape index (κ2) is 4.39. The van der Waals surface area contributed by atoms with Crippen LogP contribution in [0, 0.1) is 0 Å². The average molecular weight is 216 g/mol. The Morgan fingerprint density at radius 1 is 1.27 bits per heavy atom. The number of amides is 1. The lowest BCUT2D eigenvalue weighted by Gasteiger charge is -2.36. The van der Waals surface area contributed by atoms with E-state index in [1.807, 2.05) is 34.6 Å². The molecule has 1 amide bonds. The first-order valence-corrected chi connectivity index (χ1v) is 5.46. The fourth-order valence-corrected chi connectivity index (χ4v) is 1.73. The Morgan fingerprint density at radius 3 is 2.13 bits per heavy atom. The molecule has 4 nitrogen and oxygen atoms in total. The van der Waals surface area contributed by atoms with Crippen molar-refractivity contribution in [3.63, 3.8) is 0 Å². The smallest absolute Gasteiger partial charge is 0.411 e. The zero-order valence-corrected chi connectivity index (χ0v) is 10.3. The maximum Gasteiger partial charge on any atom is 0.411 e. The third-order valence-corrected chi connectivity index (χ3v) is 2.34. The van der Waals surface area contributed by atoms with E-state index in [-0.39, 0.29) is 18.2 Å². The van der Waals surface area contributed by atoms with E-state index in [9.17, 15) is 4.79 Å². The van der Waals surface area contributed by atoms with Crippen LogP contribution in [-0.2, 0) is 4.74 Å². The molecule has 1 aliphatic rings. The molecule has 1 fully saturated rings. The maximum absolute atomic E-state index is 11.9. The van der Waals surface area contributed by atoms with Gasteiger partial charge in [0.25, 0.3) is 0 Å². The van der Waals surface area contributed by atoms with E-state index in [1.165, 1.54) is 0 Å². The van der Waals surface area contributed by atoms with Gasteiger partial charge in [0, 0.05) is 0 Å². The second-order valence-corrected chi connectivity index (χ2v) is 5.17. The summed E-state index contributed by atoms with van der Waals surface area (Å²) < 4.78 is 9.68. The minimum absolute atomic E-state index is 0.142. The van der Waals surface area contributed by atoms with Crippen LogP contribution < -0.4 is 0 Å². The summed E-state index contributed by atoms with van der Waals surface area (Å²) in [6.45, 7) is 11.1. The van der Waals surface area contributed by atoms with Gasteiger partial charge in [-0.25, -0.2) is 4.79 Å². The molecule has 0 aromatic carbocycles. The molecule has 4 heteroatoms. The van der Waals surface area contributed by atoms with E-state index in [0.717, 1.165) is 0 Å². The van der Waals surface area contributed by atoms with Crippen LogP contribution in [-0.4, -0.2) is 46.6 Å². The van der Waals surface area contributed by atoms with Gasteiger partial charge < -0.3 is 9.47 Å². The fourth-order valence-electron chi connectivity index (χ4n) is 1.73. The minimum Gasteiger partial charge on any atom is -0.444 e. The highest BCUT2D eigenvalue weighted by molar-refractivity contribution is 5.69. The van der Waals surface area contributed by atoms with Crippen molar-refractivity contribution in [2.75, 3.05) is 13.2 Å². The van der Waals surface area contributed by atoms with Crippen LogP contribution in [0.25, 0.3) is 0 Å². The first-order valence-electron chi connectivity index (χ1n) is 5.46. The number of hydrogen-bond acceptors (Lipinski definition) is 2. The molecular weight excluding hydrogens is 194 g/mol. The van der Waals surface area contributed by atoms with Gasteiger partial charge in [0.15, 0.2) is 13.2 Å². The summed E-state index contributed by atoms with van der Waals surface area (Å²) in [7, 11) is 0. The van der Waals surface area contributed by atoms with Crippen LogP contribution in [0.1, 0.15) is 34.6 Å². The second-order valence-electron chi connectivity index (χ2n) is 5.17. The van der Waals surface area contributed by atoms with Gasteiger partial charge in [0.2, 0.25) is 0 Å². The molecule has 1 rings (SSSR count). The van der Waals surface area contributed by atoms with Crippen molar-refractivity contribution < 1.29 is 14.3 Å². The van der Waals surface area contributed by atoms with E-state index in [1.54, 1.807) is 4.90 Å². The molecule has 0 radical (unpaired) electrons. The van der Waals surface area contributed by atoms with Gasteiger partial charge in [-0.2, -0.15) is 0 Å². The normalized spacial score (nSPS) is 27.7. The van der Waals surface area contributed by atoms with Crippen LogP contribution in [0.5, 0.6) is 0 Å². The first kappa shape index (κ1) is 12.3. The summed E-state index contributed by atoms with van der Waals surface area (Å²) in [5.41, 5.74) is -0.425. The molecule has 15 heavy (non-hydrogen) atoms. The lowest BCUT2D eigenvalue weighted by atomic mass is 10.2. The number of ether oxygens (including phenoxy) is 2. The SMILES string of the molecule is C[C@@H]1C[OH+]C[C@H](C)N1C(=O)OC(C)(C)C. The highest BCUT2D eigenvalue weighted by Crippen LogP contribution is 2.17. The van der Waals surface area contributed by atoms with Gasteiger partial charge in [0.1, 0.15) is 17.7 Å². The van der Waals surface area contributed by atoms with Crippen molar-refractivity contribution in [2.24, 2.45) is 0 Å². The third kappa shape index (κ3) is 3.38. The van der Waals surface area contributed by atoms with Gasteiger partial charge >= 0.3 is 6.09 Å². The summed E-state index contributed by atoms with van der Waals surface area (Å²) in [5, 5.41) is 0. The predicted molar refractivity (Wildman–Crippen MR) is 58.9 cm³/mol. The molecule has 0 bridgehead atoms. The highest BCUT2D eigenvalue weighted by atomic mass is 16.6. The Balaban J connectivity index is 2.64.